The molecule has 0 spiro atoms. The molecule has 0 aromatic carbocycles. The molecule has 1 rings (SSSR count). The Kier molecular flexibility index (Phi) is 11.4. The van der Waals surface area contributed by atoms with Gasteiger partial charge >= 0.3 is 5.97 Å². The fourth-order valence-electron chi connectivity index (χ4n) is 3.40. The summed E-state index contributed by atoms with van der Waals surface area (Å²) < 4.78 is 5.85. The van der Waals surface area contributed by atoms with Gasteiger partial charge in [-0.25, -0.2) is 0 Å². The van der Waals surface area contributed by atoms with Gasteiger partial charge in [-0.1, -0.05) is 77.6 Å². The first-order valence-electron chi connectivity index (χ1n) is 9.60. The monoisotopic (exact) mass is 312 g/mol. The second-order valence-corrected chi connectivity index (χ2v) is 6.82. The molecule has 1 aliphatic rings. The Hall–Kier alpha value is -0.570. The zero-order chi connectivity index (χ0) is 16.0. The maximum absolute atomic E-state index is 11.2. The van der Waals surface area contributed by atoms with E-state index in [1.165, 1.54) is 57.8 Å². The van der Waals surface area contributed by atoms with E-state index in [4.69, 9.17) is 4.74 Å². The van der Waals surface area contributed by atoms with Gasteiger partial charge in [0.15, 0.2) is 0 Å². The molecule has 0 radical (unpaired) electrons. The highest BCUT2D eigenvalue weighted by molar-refractivity contribution is 5.70. The van der Waals surface area contributed by atoms with Crippen LogP contribution in [0.1, 0.15) is 96.8 Å². The van der Waals surface area contributed by atoms with Gasteiger partial charge in [-0.15, -0.1) is 0 Å². The highest BCUT2D eigenvalue weighted by Gasteiger charge is 2.31. The van der Waals surface area contributed by atoms with Crippen LogP contribution in [-0.2, 0) is 9.53 Å². The number of rotatable bonds is 13. The quantitative estimate of drug-likeness (QED) is 0.452. The van der Waals surface area contributed by atoms with E-state index in [2.05, 4.69) is 6.92 Å². The summed E-state index contributed by atoms with van der Waals surface area (Å²) >= 11 is 0. The lowest BCUT2D eigenvalue weighted by atomic mass is 9.86. The number of aliphatic carboxylic acids is 1. The summed E-state index contributed by atoms with van der Waals surface area (Å²) in [5.41, 5.74) is 0. The van der Waals surface area contributed by atoms with Crippen LogP contribution >= 0.6 is 0 Å². The van der Waals surface area contributed by atoms with Crippen LogP contribution in [-0.4, -0.2) is 23.8 Å². The minimum atomic E-state index is -0.673. The fourth-order valence-corrected chi connectivity index (χ4v) is 3.40. The first-order chi connectivity index (χ1) is 10.8. The maximum Gasteiger partial charge on any atom is 0.309 e. The number of carboxylic acids is 1. The number of ether oxygens (including phenoxy) is 1. The molecule has 0 heterocycles. The van der Waals surface area contributed by atoms with Crippen LogP contribution in [0.3, 0.4) is 0 Å². The summed E-state index contributed by atoms with van der Waals surface area (Å²) in [6.07, 6.45) is 17.0. The van der Waals surface area contributed by atoms with Gasteiger partial charge in [0.25, 0.3) is 0 Å². The van der Waals surface area contributed by atoms with Crippen molar-refractivity contribution in [1.29, 1.82) is 0 Å². The molecule has 2 atom stereocenters. The van der Waals surface area contributed by atoms with Crippen molar-refractivity contribution >= 4 is 5.97 Å². The van der Waals surface area contributed by atoms with E-state index >= 15 is 0 Å². The second kappa shape index (κ2) is 12.9. The molecular weight excluding hydrogens is 276 g/mol. The van der Waals surface area contributed by atoms with E-state index in [-0.39, 0.29) is 12.0 Å². The minimum Gasteiger partial charge on any atom is -0.481 e. The van der Waals surface area contributed by atoms with Gasteiger partial charge in [0, 0.05) is 6.61 Å². The molecule has 0 amide bonds. The zero-order valence-electron chi connectivity index (χ0n) is 14.5. The third-order valence-corrected chi connectivity index (χ3v) is 4.85. The molecule has 1 aliphatic carbocycles. The Balaban J connectivity index is 1.91. The van der Waals surface area contributed by atoms with E-state index in [9.17, 15) is 9.90 Å². The topological polar surface area (TPSA) is 46.5 Å². The number of carbonyl (C=O) groups is 1. The van der Waals surface area contributed by atoms with Gasteiger partial charge in [-0.3, -0.25) is 4.79 Å². The lowest BCUT2D eigenvalue weighted by Crippen LogP contribution is -2.33. The molecule has 0 aliphatic heterocycles. The zero-order valence-corrected chi connectivity index (χ0v) is 14.5. The molecule has 1 fully saturated rings. The molecule has 130 valence electrons. The summed E-state index contributed by atoms with van der Waals surface area (Å²) in [6, 6.07) is 0. The first kappa shape index (κ1) is 19.5. The average Bonchev–Trinajstić information content (AvgIpc) is 2.53. The largest absolute Gasteiger partial charge is 0.481 e. The average molecular weight is 312 g/mol. The van der Waals surface area contributed by atoms with Gasteiger partial charge in [0.2, 0.25) is 0 Å². The van der Waals surface area contributed by atoms with Crippen LogP contribution in [0.4, 0.5) is 0 Å². The van der Waals surface area contributed by atoms with Crippen LogP contribution in [0.2, 0.25) is 0 Å². The third kappa shape index (κ3) is 8.77. The van der Waals surface area contributed by atoms with Crippen molar-refractivity contribution < 1.29 is 14.6 Å². The third-order valence-electron chi connectivity index (χ3n) is 4.85. The van der Waals surface area contributed by atoms with Crippen LogP contribution in [0.15, 0.2) is 0 Å². The van der Waals surface area contributed by atoms with Crippen molar-refractivity contribution in [2.45, 2.75) is 103 Å². The lowest BCUT2D eigenvalue weighted by Gasteiger charge is -2.28. The molecule has 0 aromatic heterocycles. The SMILES string of the molecule is CCCCCCCCCCCCOC1CCCCC1C(=O)O. The van der Waals surface area contributed by atoms with Gasteiger partial charge < -0.3 is 9.84 Å². The molecule has 0 saturated heterocycles. The van der Waals surface area contributed by atoms with E-state index in [0.29, 0.717) is 0 Å². The Morgan fingerprint density at radius 2 is 1.45 bits per heavy atom. The van der Waals surface area contributed by atoms with Crippen LogP contribution in [0.5, 0.6) is 0 Å². The predicted octanol–water partition coefficient (Wildman–Crippen LogP) is 5.57. The molecular formula is C19H36O3. The van der Waals surface area contributed by atoms with Crippen LogP contribution in [0, 0.1) is 5.92 Å². The highest BCUT2D eigenvalue weighted by Crippen LogP contribution is 2.27. The van der Waals surface area contributed by atoms with E-state index < -0.39 is 5.97 Å². The van der Waals surface area contributed by atoms with Crippen molar-refractivity contribution in [1.82, 2.24) is 0 Å². The molecule has 3 nitrogen and oxygen atoms in total. The van der Waals surface area contributed by atoms with Gasteiger partial charge in [-0.05, 0) is 19.3 Å². The minimum absolute atomic E-state index is 0.0372. The smallest absolute Gasteiger partial charge is 0.309 e. The van der Waals surface area contributed by atoms with Crippen molar-refractivity contribution in [3.63, 3.8) is 0 Å². The Morgan fingerprint density at radius 3 is 2.05 bits per heavy atom. The summed E-state index contributed by atoms with van der Waals surface area (Å²) in [5.74, 6) is -0.940. The molecule has 1 N–H and O–H groups in total. The van der Waals surface area contributed by atoms with E-state index in [1.54, 1.807) is 0 Å². The van der Waals surface area contributed by atoms with Crippen LogP contribution < -0.4 is 0 Å². The Morgan fingerprint density at radius 1 is 0.909 bits per heavy atom. The summed E-state index contributed by atoms with van der Waals surface area (Å²) in [5, 5.41) is 9.21. The van der Waals surface area contributed by atoms with E-state index in [0.717, 1.165) is 38.7 Å². The standard InChI is InChI=1S/C19H36O3/c1-2-3-4-5-6-7-8-9-10-13-16-22-18-15-12-11-14-17(18)19(20)21/h17-18H,2-16H2,1H3,(H,20,21). The molecule has 0 bridgehead atoms. The Bertz CT molecular complexity index is 278. The van der Waals surface area contributed by atoms with Gasteiger partial charge in [0.1, 0.15) is 0 Å². The second-order valence-electron chi connectivity index (χ2n) is 6.82. The molecule has 2 unspecified atom stereocenters. The maximum atomic E-state index is 11.2. The summed E-state index contributed by atoms with van der Waals surface area (Å²) in [6.45, 7) is 3.00. The normalized spacial score (nSPS) is 21.9. The van der Waals surface area contributed by atoms with Crippen molar-refractivity contribution in [2.24, 2.45) is 5.92 Å². The van der Waals surface area contributed by atoms with E-state index in [1.807, 2.05) is 0 Å². The summed E-state index contributed by atoms with van der Waals surface area (Å²) in [4.78, 5) is 11.2. The molecule has 3 heteroatoms. The fraction of sp³-hybridized carbons (Fsp3) is 0.947. The molecule has 22 heavy (non-hydrogen) atoms. The van der Waals surface area contributed by atoms with Crippen molar-refractivity contribution in [3.8, 4) is 0 Å². The Labute approximate surface area is 136 Å². The van der Waals surface area contributed by atoms with Crippen molar-refractivity contribution in [2.75, 3.05) is 6.61 Å². The number of unbranched alkanes of at least 4 members (excludes halogenated alkanes) is 9. The lowest BCUT2D eigenvalue weighted by molar-refractivity contribution is -0.149. The highest BCUT2D eigenvalue weighted by atomic mass is 16.5. The molecule has 1 saturated carbocycles. The molecule has 0 aromatic rings. The summed E-state index contributed by atoms with van der Waals surface area (Å²) in [7, 11) is 0. The van der Waals surface area contributed by atoms with Gasteiger partial charge in [0.05, 0.1) is 12.0 Å². The van der Waals surface area contributed by atoms with Crippen molar-refractivity contribution in [3.05, 3.63) is 0 Å². The first-order valence-corrected chi connectivity index (χ1v) is 9.60. The predicted molar refractivity (Wildman–Crippen MR) is 91.2 cm³/mol. The number of hydrogen-bond donors (Lipinski definition) is 1. The number of hydrogen-bond acceptors (Lipinski definition) is 2. The van der Waals surface area contributed by atoms with Gasteiger partial charge in [-0.2, -0.15) is 0 Å². The number of carboxylic acid groups (broad SMARTS) is 1. The van der Waals surface area contributed by atoms with Crippen LogP contribution in [0.25, 0.3) is 0 Å².